The molecule has 0 atom stereocenters. The molecule has 1 aromatic rings. The highest BCUT2D eigenvalue weighted by molar-refractivity contribution is 5.33. The summed E-state index contributed by atoms with van der Waals surface area (Å²) >= 11 is 0. The topological polar surface area (TPSA) is 62.0 Å². The zero-order chi connectivity index (χ0) is 9.80. The fourth-order valence-electron chi connectivity index (χ4n) is 1.33. The molecule has 1 fully saturated rings. The van der Waals surface area contributed by atoms with E-state index in [1.165, 1.54) is 0 Å². The Hall–Kier alpha value is -1.67. The van der Waals surface area contributed by atoms with E-state index in [4.69, 9.17) is 10.00 Å². The third-order valence-electron chi connectivity index (χ3n) is 2.05. The smallest absolute Gasteiger partial charge is 0.226 e. The molecule has 0 unspecified atom stereocenters. The van der Waals surface area contributed by atoms with Crippen molar-refractivity contribution in [2.24, 2.45) is 0 Å². The molecule has 0 spiro atoms. The summed E-state index contributed by atoms with van der Waals surface area (Å²) in [5, 5.41) is 8.68. The van der Waals surface area contributed by atoms with Crippen LogP contribution in [0.2, 0.25) is 0 Å². The van der Waals surface area contributed by atoms with Crippen molar-refractivity contribution in [3.05, 3.63) is 18.0 Å². The van der Waals surface area contributed by atoms with Crippen LogP contribution in [0, 0.1) is 11.3 Å². The molecule has 14 heavy (non-hydrogen) atoms. The molecule has 1 saturated heterocycles. The highest BCUT2D eigenvalue weighted by atomic mass is 16.5. The van der Waals surface area contributed by atoms with Gasteiger partial charge >= 0.3 is 0 Å². The fourth-order valence-corrected chi connectivity index (χ4v) is 1.33. The van der Waals surface area contributed by atoms with Crippen LogP contribution >= 0.6 is 0 Å². The minimum absolute atomic E-state index is 0.404. The van der Waals surface area contributed by atoms with Gasteiger partial charge in [0.25, 0.3) is 0 Å². The number of nitriles is 1. The lowest BCUT2D eigenvalue weighted by atomic mass is 10.4. The van der Waals surface area contributed by atoms with Crippen molar-refractivity contribution >= 4 is 5.95 Å². The van der Waals surface area contributed by atoms with Crippen LogP contribution in [0.5, 0.6) is 0 Å². The zero-order valence-corrected chi connectivity index (χ0v) is 7.68. The summed E-state index contributed by atoms with van der Waals surface area (Å²) in [6.45, 7) is 2.96. The first-order valence-electron chi connectivity index (χ1n) is 4.46. The second kappa shape index (κ2) is 4.03. The van der Waals surface area contributed by atoms with Crippen LogP contribution in [0.1, 0.15) is 5.69 Å². The molecule has 2 heterocycles. The largest absolute Gasteiger partial charge is 0.378 e. The van der Waals surface area contributed by atoms with Gasteiger partial charge in [0.05, 0.1) is 13.2 Å². The lowest BCUT2D eigenvalue weighted by Crippen LogP contribution is -2.37. The average Bonchev–Trinajstić information content (AvgIpc) is 2.30. The summed E-state index contributed by atoms with van der Waals surface area (Å²) in [6, 6.07) is 3.60. The van der Waals surface area contributed by atoms with Crippen molar-refractivity contribution in [1.29, 1.82) is 5.26 Å². The van der Waals surface area contributed by atoms with Crippen molar-refractivity contribution in [2.75, 3.05) is 31.2 Å². The average molecular weight is 190 g/mol. The lowest BCUT2D eigenvalue weighted by molar-refractivity contribution is 0.122. The van der Waals surface area contributed by atoms with Gasteiger partial charge in [-0.1, -0.05) is 0 Å². The number of hydrogen-bond acceptors (Lipinski definition) is 5. The van der Waals surface area contributed by atoms with Crippen LogP contribution in [0.25, 0.3) is 0 Å². The van der Waals surface area contributed by atoms with Gasteiger partial charge in [0.1, 0.15) is 11.8 Å². The maximum atomic E-state index is 8.68. The van der Waals surface area contributed by atoms with E-state index in [0.717, 1.165) is 13.1 Å². The second-order valence-corrected chi connectivity index (χ2v) is 2.95. The lowest BCUT2D eigenvalue weighted by Gasteiger charge is -2.26. The molecule has 0 bridgehead atoms. The van der Waals surface area contributed by atoms with E-state index < -0.39 is 0 Å². The molecule has 1 aliphatic heterocycles. The first-order chi connectivity index (χ1) is 6.90. The quantitative estimate of drug-likeness (QED) is 0.632. The minimum atomic E-state index is 0.404. The van der Waals surface area contributed by atoms with Crippen LogP contribution in [-0.2, 0) is 4.74 Å². The number of nitrogens with zero attached hydrogens (tertiary/aromatic N) is 4. The predicted octanol–water partition coefficient (Wildman–Crippen LogP) is 0.185. The summed E-state index contributed by atoms with van der Waals surface area (Å²) in [6.07, 6.45) is 1.61. The van der Waals surface area contributed by atoms with Crippen LogP contribution in [0.3, 0.4) is 0 Å². The van der Waals surface area contributed by atoms with Gasteiger partial charge in [0, 0.05) is 19.3 Å². The van der Waals surface area contributed by atoms with Gasteiger partial charge in [0.15, 0.2) is 0 Å². The molecule has 0 N–H and O–H groups in total. The Kier molecular flexibility index (Phi) is 2.56. The highest BCUT2D eigenvalue weighted by Gasteiger charge is 2.13. The van der Waals surface area contributed by atoms with Gasteiger partial charge in [-0.15, -0.1) is 0 Å². The van der Waals surface area contributed by atoms with Gasteiger partial charge in [-0.3, -0.25) is 0 Å². The van der Waals surface area contributed by atoms with Crippen molar-refractivity contribution < 1.29 is 4.74 Å². The Morgan fingerprint density at radius 2 is 2.21 bits per heavy atom. The van der Waals surface area contributed by atoms with Gasteiger partial charge in [-0.2, -0.15) is 5.26 Å². The molecular formula is C9H10N4O. The Bertz CT molecular complexity index is 354. The Balaban J connectivity index is 2.18. The Morgan fingerprint density at radius 1 is 1.43 bits per heavy atom. The van der Waals surface area contributed by atoms with E-state index in [1.54, 1.807) is 12.3 Å². The van der Waals surface area contributed by atoms with Crippen LogP contribution < -0.4 is 4.90 Å². The SMILES string of the molecule is N#Cc1ccnc(N2CCOCC2)n1. The third kappa shape index (κ3) is 1.80. The summed E-state index contributed by atoms with van der Waals surface area (Å²) in [7, 11) is 0. The summed E-state index contributed by atoms with van der Waals surface area (Å²) in [5.41, 5.74) is 0.404. The fraction of sp³-hybridized carbons (Fsp3) is 0.444. The molecular weight excluding hydrogens is 180 g/mol. The Morgan fingerprint density at radius 3 is 2.93 bits per heavy atom. The normalized spacial score (nSPS) is 16.4. The standard InChI is InChI=1S/C9H10N4O/c10-7-8-1-2-11-9(12-8)13-3-5-14-6-4-13/h1-2H,3-6H2. The van der Waals surface area contributed by atoms with Crippen LogP contribution in [0.15, 0.2) is 12.3 Å². The highest BCUT2D eigenvalue weighted by Crippen LogP contribution is 2.08. The van der Waals surface area contributed by atoms with Gasteiger partial charge in [0.2, 0.25) is 5.95 Å². The van der Waals surface area contributed by atoms with Crippen molar-refractivity contribution in [3.8, 4) is 6.07 Å². The molecule has 0 amide bonds. The monoisotopic (exact) mass is 190 g/mol. The first-order valence-corrected chi connectivity index (χ1v) is 4.46. The maximum absolute atomic E-state index is 8.68. The summed E-state index contributed by atoms with van der Waals surface area (Å²) in [4.78, 5) is 10.3. The Labute approximate surface area is 82.0 Å². The molecule has 1 aliphatic rings. The van der Waals surface area contributed by atoms with Crippen molar-refractivity contribution in [2.45, 2.75) is 0 Å². The minimum Gasteiger partial charge on any atom is -0.378 e. The summed E-state index contributed by atoms with van der Waals surface area (Å²) < 4.78 is 5.22. The number of aromatic nitrogens is 2. The van der Waals surface area contributed by atoms with E-state index in [2.05, 4.69) is 9.97 Å². The van der Waals surface area contributed by atoms with Gasteiger partial charge < -0.3 is 9.64 Å². The van der Waals surface area contributed by atoms with E-state index >= 15 is 0 Å². The number of rotatable bonds is 1. The molecule has 72 valence electrons. The van der Waals surface area contributed by atoms with Crippen LogP contribution in [0.4, 0.5) is 5.95 Å². The van der Waals surface area contributed by atoms with Gasteiger partial charge in [-0.05, 0) is 6.07 Å². The molecule has 2 rings (SSSR count). The van der Waals surface area contributed by atoms with E-state index in [9.17, 15) is 0 Å². The molecule has 0 aliphatic carbocycles. The molecule has 0 aromatic carbocycles. The predicted molar refractivity (Wildman–Crippen MR) is 49.8 cm³/mol. The molecule has 0 saturated carbocycles. The molecule has 5 heteroatoms. The van der Waals surface area contributed by atoms with Crippen LogP contribution in [-0.4, -0.2) is 36.3 Å². The third-order valence-corrected chi connectivity index (χ3v) is 2.05. The van der Waals surface area contributed by atoms with Crippen molar-refractivity contribution in [3.63, 3.8) is 0 Å². The summed E-state index contributed by atoms with van der Waals surface area (Å²) in [5.74, 6) is 0.618. The van der Waals surface area contributed by atoms with E-state index in [1.807, 2.05) is 11.0 Å². The van der Waals surface area contributed by atoms with E-state index in [-0.39, 0.29) is 0 Å². The van der Waals surface area contributed by atoms with E-state index in [0.29, 0.717) is 24.9 Å². The second-order valence-electron chi connectivity index (χ2n) is 2.95. The zero-order valence-electron chi connectivity index (χ0n) is 7.68. The van der Waals surface area contributed by atoms with Gasteiger partial charge in [-0.25, -0.2) is 9.97 Å². The van der Waals surface area contributed by atoms with Crippen molar-refractivity contribution in [1.82, 2.24) is 9.97 Å². The number of ether oxygens (including phenoxy) is 1. The number of morpholine rings is 1. The first kappa shape index (κ1) is 8.91. The molecule has 1 aromatic heterocycles. The number of anilines is 1. The molecule has 5 nitrogen and oxygen atoms in total. The molecule has 0 radical (unpaired) electrons. The maximum Gasteiger partial charge on any atom is 0.226 e. The number of hydrogen-bond donors (Lipinski definition) is 0.